The molecular weight excluding hydrogens is 493 g/mol. The van der Waals surface area contributed by atoms with E-state index in [0.717, 1.165) is 49.0 Å². The van der Waals surface area contributed by atoms with Crippen molar-refractivity contribution in [3.8, 4) is 0 Å². The number of thioether (sulfide) groups is 2. The van der Waals surface area contributed by atoms with Crippen LogP contribution < -0.4 is 0 Å². The zero-order chi connectivity index (χ0) is 25.9. The van der Waals surface area contributed by atoms with Crippen LogP contribution in [0, 0.1) is 0 Å². The Morgan fingerprint density at radius 3 is 1.51 bits per heavy atom. The van der Waals surface area contributed by atoms with Crippen LogP contribution in [0.1, 0.15) is 130 Å². The van der Waals surface area contributed by atoms with Crippen molar-refractivity contribution in [3.05, 3.63) is 0 Å². The SMILES string of the molecule is CCCCCCCCCCCCCCCC(=O)SCCCSCCC[Si](OCC)(OCC)OCC. The lowest BCUT2D eigenvalue weighted by Gasteiger charge is -2.28. The molecule has 7 heteroatoms. The molecule has 4 nitrogen and oxygen atoms in total. The molecule has 0 bridgehead atoms. The van der Waals surface area contributed by atoms with Gasteiger partial charge in [-0.1, -0.05) is 95.7 Å². The van der Waals surface area contributed by atoms with Gasteiger partial charge in [-0.2, -0.15) is 11.8 Å². The largest absolute Gasteiger partial charge is 0.500 e. The van der Waals surface area contributed by atoms with E-state index in [4.69, 9.17) is 13.3 Å². The van der Waals surface area contributed by atoms with Gasteiger partial charge in [0.25, 0.3) is 0 Å². The highest BCUT2D eigenvalue weighted by atomic mass is 32.2. The number of carbonyl (C=O) groups is 1. The zero-order valence-corrected chi connectivity index (χ0v) is 26.3. The second-order valence-electron chi connectivity index (χ2n) is 9.26. The normalized spacial score (nSPS) is 11.9. The summed E-state index contributed by atoms with van der Waals surface area (Å²) in [5.74, 6) is 3.17. The van der Waals surface area contributed by atoms with Crippen LogP contribution in [0.25, 0.3) is 0 Å². The first-order valence-electron chi connectivity index (χ1n) is 14.8. The fraction of sp³-hybridized carbons (Fsp3) is 0.964. The maximum atomic E-state index is 12.1. The van der Waals surface area contributed by atoms with Crippen LogP contribution in [0.15, 0.2) is 0 Å². The third kappa shape index (κ3) is 23.3. The van der Waals surface area contributed by atoms with E-state index in [1.54, 1.807) is 11.8 Å². The summed E-state index contributed by atoms with van der Waals surface area (Å²) in [6.45, 7) is 10.2. The maximum Gasteiger partial charge on any atom is 0.500 e. The third-order valence-electron chi connectivity index (χ3n) is 6.04. The highest BCUT2D eigenvalue weighted by Gasteiger charge is 2.39. The summed E-state index contributed by atoms with van der Waals surface area (Å²) < 4.78 is 17.7. The van der Waals surface area contributed by atoms with Crippen molar-refractivity contribution in [3.63, 3.8) is 0 Å². The molecule has 0 amide bonds. The number of hydrogen-bond acceptors (Lipinski definition) is 6. The van der Waals surface area contributed by atoms with Gasteiger partial charge in [-0.05, 0) is 51.5 Å². The molecule has 0 saturated heterocycles. The lowest BCUT2D eigenvalue weighted by atomic mass is 10.0. The van der Waals surface area contributed by atoms with Gasteiger partial charge in [-0.15, -0.1) is 0 Å². The molecule has 0 saturated carbocycles. The zero-order valence-electron chi connectivity index (χ0n) is 23.7. The van der Waals surface area contributed by atoms with Crippen molar-refractivity contribution in [1.82, 2.24) is 0 Å². The number of carbonyl (C=O) groups excluding carboxylic acids is 1. The molecule has 0 aromatic heterocycles. The highest BCUT2D eigenvalue weighted by molar-refractivity contribution is 8.13. The predicted molar refractivity (Wildman–Crippen MR) is 160 cm³/mol. The van der Waals surface area contributed by atoms with Crippen LogP contribution in [0.4, 0.5) is 0 Å². The van der Waals surface area contributed by atoms with E-state index in [1.165, 1.54) is 77.0 Å². The van der Waals surface area contributed by atoms with Gasteiger partial charge in [0.15, 0.2) is 5.12 Å². The lowest BCUT2D eigenvalue weighted by Crippen LogP contribution is -2.46. The molecule has 0 aromatic rings. The van der Waals surface area contributed by atoms with E-state index >= 15 is 0 Å². The second kappa shape index (κ2) is 27.5. The topological polar surface area (TPSA) is 44.8 Å². The van der Waals surface area contributed by atoms with Crippen molar-refractivity contribution in [2.75, 3.05) is 37.1 Å². The minimum absolute atomic E-state index is 0.388. The molecule has 0 N–H and O–H groups in total. The van der Waals surface area contributed by atoms with Crippen molar-refractivity contribution in [2.45, 2.75) is 136 Å². The van der Waals surface area contributed by atoms with E-state index in [1.807, 2.05) is 32.5 Å². The molecule has 0 fully saturated rings. The van der Waals surface area contributed by atoms with Gasteiger partial charge in [0.2, 0.25) is 0 Å². The first-order valence-corrected chi connectivity index (χ1v) is 18.9. The van der Waals surface area contributed by atoms with Crippen molar-refractivity contribution in [1.29, 1.82) is 0 Å². The fourth-order valence-electron chi connectivity index (χ4n) is 4.20. The molecule has 0 spiro atoms. The van der Waals surface area contributed by atoms with Gasteiger partial charge in [-0.25, -0.2) is 0 Å². The minimum Gasteiger partial charge on any atom is -0.374 e. The smallest absolute Gasteiger partial charge is 0.374 e. The molecule has 0 atom stereocenters. The first-order chi connectivity index (χ1) is 17.1. The van der Waals surface area contributed by atoms with E-state index in [-0.39, 0.29) is 0 Å². The minimum atomic E-state index is -2.48. The quantitative estimate of drug-likeness (QED) is 0.0714. The summed E-state index contributed by atoms with van der Waals surface area (Å²) in [6.07, 6.45) is 20.5. The molecule has 0 aliphatic heterocycles. The molecule has 0 aliphatic rings. The molecule has 0 aliphatic carbocycles. The first kappa shape index (κ1) is 35.5. The molecule has 0 heterocycles. The fourth-order valence-corrected chi connectivity index (χ4v) is 8.96. The highest BCUT2D eigenvalue weighted by Crippen LogP contribution is 2.21. The van der Waals surface area contributed by atoms with Crippen LogP contribution in [0.3, 0.4) is 0 Å². The summed E-state index contributed by atoms with van der Waals surface area (Å²) >= 11 is 3.51. The van der Waals surface area contributed by atoms with Gasteiger partial charge in [-0.3, -0.25) is 4.79 Å². The van der Waals surface area contributed by atoms with E-state index in [0.29, 0.717) is 24.9 Å². The lowest BCUT2D eigenvalue weighted by molar-refractivity contribution is -0.111. The van der Waals surface area contributed by atoms with Gasteiger partial charge in [0, 0.05) is 38.0 Å². The van der Waals surface area contributed by atoms with E-state index in [2.05, 4.69) is 6.92 Å². The average Bonchev–Trinajstić information content (AvgIpc) is 2.84. The van der Waals surface area contributed by atoms with Crippen molar-refractivity contribution >= 4 is 37.4 Å². The van der Waals surface area contributed by atoms with E-state index < -0.39 is 8.80 Å². The Kier molecular flexibility index (Phi) is 27.9. The average molecular weight is 551 g/mol. The van der Waals surface area contributed by atoms with E-state index in [9.17, 15) is 4.79 Å². The number of unbranched alkanes of at least 4 members (excludes halogenated alkanes) is 12. The Bertz CT molecular complexity index is 438. The molecule has 0 radical (unpaired) electrons. The van der Waals surface area contributed by atoms with Gasteiger partial charge < -0.3 is 13.3 Å². The Morgan fingerprint density at radius 1 is 0.571 bits per heavy atom. The molecule has 35 heavy (non-hydrogen) atoms. The molecule has 0 rings (SSSR count). The van der Waals surface area contributed by atoms with Crippen LogP contribution in [-0.4, -0.2) is 51.0 Å². The Morgan fingerprint density at radius 2 is 1.03 bits per heavy atom. The van der Waals surface area contributed by atoms with Crippen molar-refractivity contribution in [2.24, 2.45) is 0 Å². The molecule has 0 unspecified atom stereocenters. The summed E-state index contributed by atoms with van der Waals surface area (Å²) in [5, 5.41) is 0.388. The molecule has 210 valence electrons. The third-order valence-corrected chi connectivity index (χ3v) is 11.4. The standard InChI is InChI=1S/C28H58O4S2Si/c1-5-9-10-11-12-13-14-15-16-17-18-19-20-23-28(29)34-26-21-24-33-25-22-27-35(30-6-2,31-7-3)32-8-4/h5-27H2,1-4H3. The van der Waals surface area contributed by atoms with Crippen molar-refractivity contribution < 1.29 is 18.1 Å². The summed E-state index contributed by atoms with van der Waals surface area (Å²) in [7, 11) is -2.48. The second-order valence-corrected chi connectivity index (χ2v) is 14.4. The number of rotatable bonds is 28. The Hall–Kier alpha value is 0.467. The van der Waals surface area contributed by atoms with Crippen LogP contribution in [0.5, 0.6) is 0 Å². The Labute approximate surface area is 228 Å². The van der Waals surface area contributed by atoms with Crippen LogP contribution >= 0.6 is 23.5 Å². The predicted octanol–water partition coefficient (Wildman–Crippen LogP) is 9.29. The van der Waals surface area contributed by atoms with Crippen LogP contribution in [-0.2, 0) is 18.1 Å². The summed E-state index contributed by atoms with van der Waals surface area (Å²) in [4.78, 5) is 12.1. The molecular formula is C28H58O4S2Si. The monoisotopic (exact) mass is 550 g/mol. The summed E-state index contributed by atoms with van der Waals surface area (Å²) in [5.41, 5.74) is 0. The van der Waals surface area contributed by atoms with Gasteiger partial charge in [0.1, 0.15) is 0 Å². The summed E-state index contributed by atoms with van der Waals surface area (Å²) in [6, 6.07) is 0.891. The maximum absolute atomic E-state index is 12.1. The van der Waals surface area contributed by atoms with Gasteiger partial charge >= 0.3 is 8.80 Å². The Balaban J connectivity index is 3.49. The number of hydrogen-bond donors (Lipinski definition) is 0. The van der Waals surface area contributed by atoms with Gasteiger partial charge in [0.05, 0.1) is 0 Å². The van der Waals surface area contributed by atoms with Crippen LogP contribution in [0.2, 0.25) is 6.04 Å². The molecule has 0 aromatic carbocycles.